The Hall–Kier alpha value is -3.64. The van der Waals surface area contributed by atoms with Crippen LogP contribution in [0.2, 0.25) is 0 Å². The average molecular weight is 418 g/mol. The van der Waals surface area contributed by atoms with Crippen molar-refractivity contribution in [2.45, 2.75) is 6.92 Å². The molecule has 0 fully saturated rings. The molecular weight excluding hydrogens is 398 g/mol. The molecule has 0 amide bonds. The normalized spacial score (nSPS) is 10.7. The van der Waals surface area contributed by atoms with E-state index in [2.05, 4.69) is 62.3 Å². The van der Waals surface area contributed by atoms with Crippen LogP contribution >= 0.6 is 12.4 Å². The molecule has 30 heavy (non-hydrogen) atoms. The van der Waals surface area contributed by atoms with E-state index in [4.69, 9.17) is 4.74 Å². The van der Waals surface area contributed by atoms with E-state index in [1.807, 2.05) is 42.7 Å². The van der Waals surface area contributed by atoms with E-state index in [1.54, 1.807) is 7.11 Å². The minimum absolute atomic E-state index is 0. The molecule has 2 heterocycles. The van der Waals surface area contributed by atoms with Crippen molar-refractivity contribution in [3.63, 3.8) is 0 Å². The highest BCUT2D eigenvalue weighted by molar-refractivity contribution is 5.96. The van der Waals surface area contributed by atoms with E-state index in [9.17, 15) is 0 Å². The highest BCUT2D eigenvalue weighted by Gasteiger charge is 2.11. The van der Waals surface area contributed by atoms with Crippen LogP contribution in [0.25, 0.3) is 27.5 Å². The van der Waals surface area contributed by atoms with Crippen LogP contribution in [0, 0.1) is 6.92 Å². The summed E-state index contributed by atoms with van der Waals surface area (Å²) >= 11 is 0. The Morgan fingerprint density at radius 3 is 2.53 bits per heavy atom. The molecule has 0 aliphatic rings. The van der Waals surface area contributed by atoms with Crippen LogP contribution in [0.1, 0.15) is 5.56 Å². The minimum Gasteiger partial charge on any atom is -0.479 e. The fourth-order valence-corrected chi connectivity index (χ4v) is 3.53. The molecule has 2 aromatic heterocycles. The van der Waals surface area contributed by atoms with E-state index < -0.39 is 0 Å². The zero-order valence-corrected chi connectivity index (χ0v) is 17.4. The quantitative estimate of drug-likeness (QED) is 0.421. The Morgan fingerprint density at radius 2 is 1.73 bits per heavy atom. The molecule has 0 aliphatic carbocycles. The third kappa shape index (κ3) is 3.42. The SMILES string of the molecule is COc1nnc(Nc2ccc3c(c2)ncn3-c2cccc(C)c2)c2ccccc12.Cl. The topological polar surface area (TPSA) is 64.9 Å². The Kier molecular flexibility index (Phi) is 5.25. The van der Waals surface area contributed by atoms with Gasteiger partial charge in [0.2, 0.25) is 5.88 Å². The number of rotatable bonds is 4. The number of halogens is 1. The van der Waals surface area contributed by atoms with Gasteiger partial charge in [0, 0.05) is 22.1 Å². The van der Waals surface area contributed by atoms with Crippen molar-refractivity contribution >= 4 is 45.7 Å². The lowest BCUT2D eigenvalue weighted by atomic mass is 10.1. The molecule has 150 valence electrons. The van der Waals surface area contributed by atoms with Gasteiger partial charge in [0.15, 0.2) is 5.82 Å². The predicted octanol–water partition coefficient (Wildman–Crippen LogP) is 5.45. The summed E-state index contributed by atoms with van der Waals surface area (Å²) in [6.07, 6.45) is 1.85. The van der Waals surface area contributed by atoms with Crippen molar-refractivity contribution in [2.75, 3.05) is 12.4 Å². The summed E-state index contributed by atoms with van der Waals surface area (Å²) in [7, 11) is 1.60. The average Bonchev–Trinajstić information content (AvgIpc) is 3.17. The first-order valence-corrected chi connectivity index (χ1v) is 9.33. The summed E-state index contributed by atoms with van der Waals surface area (Å²) in [5, 5.41) is 13.7. The van der Waals surface area contributed by atoms with Crippen LogP contribution in [0.4, 0.5) is 11.5 Å². The minimum atomic E-state index is 0. The van der Waals surface area contributed by atoms with Gasteiger partial charge >= 0.3 is 0 Å². The van der Waals surface area contributed by atoms with Gasteiger partial charge in [-0.2, -0.15) is 0 Å². The Labute approximate surface area is 180 Å². The molecule has 0 unspecified atom stereocenters. The van der Waals surface area contributed by atoms with Crippen molar-refractivity contribution in [2.24, 2.45) is 0 Å². The van der Waals surface area contributed by atoms with Crippen LogP contribution in [0.3, 0.4) is 0 Å². The lowest BCUT2D eigenvalue weighted by molar-refractivity contribution is 0.398. The number of ether oxygens (including phenoxy) is 1. The van der Waals surface area contributed by atoms with E-state index in [0.29, 0.717) is 11.7 Å². The number of fused-ring (bicyclic) bond motifs is 2. The second kappa shape index (κ2) is 8.00. The number of hydrogen-bond acceptors (Lipinski definition) is 5. The molecule has 0 saturated heterocycles. The molecular formula is C23H20ClN5O. The molecule has 0 aliphatic heterocycles. The Morgan fingerprint density at radius 1 is 0.900 bits per heavy atom. The summed E-state index contributed by atoms with van der Waals surface area (Å²) < 4.78 is 7.42. The number of anilines is 2. The summed E-state index contributed by atoms with van der Waals surface area (Å²) in [5.74, 6) is 1.19. The van der Waals surface area contributed by atoms with Crippen molar-refractivity contribution in [1.29, 1.82) is 0 Å². The lowest BCUT2D eigenvalue weighted by Gasteiger charge is -2.10. The zero-order valence-electron chi connectivity index (χ0n) is 16.5. The highest BCUT2D eigenvalue weighted by atomic mass is 35.5. The molecule has 0 radical (unpaired) electrons. The van der Waals surface area contributed by atoms with Crippen LogP contribution in [-0.4, -0.2) is 26.9 Å². The van der Waals surface area contributed by atoms with Crippen LogP contribution < -0.4 is 10.1 Å². The van der Waals surface area contributed by atoms with Crippen LogP contribution in [0.5, 0.6) is 5.88 Å². The van der Waals surface area contributed by atoms with Gasteiger partial charge in [-0.05, 0) is 48.9 Å². The Balaban J connectivity index is 0.00000218. The number of nitrogens with zero attached hydrogens (tertiary/aromatic N) is 4. The maximum absolute atomic E-state index is 5.33. The highest BCUT2D eigenvalue weighted by Crippen LogP contribution is 2.30. The van der Waals surface area contributed by atoms with Gasteiger partial charge in [0.05, 0.1) is 18.1 Å². The predicted molar refractivity (Wildman–Crippen MR) is 122 cm³/mol. The van der Waals surface area contributed by atoms with Crippen LogP contribution in [-0.2, 0) is 0 Å². The van der Waals surface area contributed by atoms with Crippen LogP contribution in [0.15, 0.2) is 73.1 Å². The van der Waals surface area contributed by atoms with Gasteiger partial charge in [-0.15, -0.1) is 22.6 Å². The van der Waals surface area contributed by atoms with Gasteiger partial charge in [-0.25, -0.2) is 4.98 Å². The second-order valence-electron chi connectivity index (χ2n) is 6.89. The fourth-order valence-electron chi connectivity index (χ4n) is 3.53. The van der Waals surface area contributed by atoms with Gasteiger partial charge in [0.25, 0.3) is 0 Å². The molecule has 5 rings (SSSR count). The van der Waals surface area contributed by atoms with Gasteiger partial charge in [0.1, 0.15) is 6.33 Å². The first-order chi connectivity index (χ1) is 14.2. The van der Waals surface area contributed by atoms with Gasteiger partial charge < -0.3 is 10.1 Å². The molecule has 7 heteroatoms. The fraction of sp³-hybridized carbons (Fsp3) is 0.0870. The molecule has 3 aromatic carbocycles. The first kappa shape index (κ1) is 19.7. The standard InChI is InChI=1S/C23H19N5O.ClH/c1-15-6-5-7-17(12-15)28-14-24-20-13-16(10-11-21(20)28)25-22-18-8-3-4-9-19(18)23(29-2)27-26-22;/h3-14H,1-2H3,(H,25,26);1H. The molecule has 1 N–H and O–H groups in total. The third-order valence-corrected chi connectivity index (χ3v) is 4.94. The van der Waals surface area contributed by atoms with Gasteiger partial charge in [-0.1, -0.05) is 30.3 Å². The summed E-state index contributed by atoms with van der Waals surface area (Å²) in [6, 6.07) is 22.4. The summed E-state index contributed by atoms with van der Waals surface area (Å²) in [4.78, 5) is 4.58. The zero-order chi connectivity index (χ0) is 19.8. The molecule has 0 saturated carbocycles. The molecule has 0 spiro atoms. The van der Waals surface area contributed by atoms with Crippen molar-refractivity contribution in [1.82, 2.24) is 19.7 Å². The van der Waals surface area contributed by atoms with E-state index in [-0.39, 0.29) is 12.4 Å². The number of benzene rings is 3. The molecule has 0 atom stereocenters. The number of imidazole rings is 1. The second-order valence-corrected chi connectivity index (χ2v) is 6.89. The monoisotopic (exact) mass is 417 g/mol. The third-order valence-electron chi connectivity index (χ3n) is 4.94. The van der Waals surface area contributed by atoms with Crippen molar-refractivity contribution in [3.05, 3.63) is 78.6 Å². The van der Waals surface area contributed by atoms with E-state index in [1.165, 1.54) is 5.56 Å². The maximum atomic E-state index is 5.33. The summed E-state index contributed by atoms with van der Waals surface area (Å²) in [5.41, 5.74) is 5.17. The number of methoxy groups -OCH3 is 1. The maximum Gasteiger partial charge on any atom is 0.241 e. The smallest absolute Gasteiger partial charge is 0.241 e. The van der Waals surface area contributed by atoms with E-state index >= 15 is 0 Å². The largest absolute Gasteiger partial charge is 0.479 e. The van der Waals surface area contributed by atoms with E-state index in [0.717, 1.165) is 33.2 Å². The summed E-state index contributed by atoms with van der Waals surface area (Å²) in [6.45, 7) is 2.09. The molecule has 0 bridgehead atoms. The molecule has 5 aromatic rings. The molecule has 6 nitrogen and oxygen atoms in total. The number of aromatic nitrogens is 4. The van der Waals surface area contributed by atoms with Gasteiger partial charge in [-0.3, -0.25) is 4.57 Å². The number of nitrogens with one attached hydrogen (secondary N) is 1. The Bertz CT molecular complexity index is 1350. The number of hydrogen-bond donors (Lipinski definition) is 1. The first-order valence-electron chi connectivity index (χ1n) is 9.33. The van der Waals surface area contributed by atoms with Crippen molar-refractivity contribution < 1.29 is 4.74 Å². The number of aryl methyl sites for hydroxylation is 1. The van der Waals surface area contributed by atoms with Crippen molar-refractivity contribution in [3.8, 4) is 11.6 Å². The lowest BCUT2D eigenvalue weighted by Crippen LogP contribution is -1.99.